The average molecular weight is 338 g/mol. The Bertz CT molecular complexity index is 704. The van der Waals surface area contributed by atoms with E-state index in [0.29, 0.717) is 28.0 Å². The molecule has 2 aromatic rings. The number of rotatable bonds is 5. The summed E-state index contributed by atoms with van der Waals surface area (Å²) in [7, 11) is 0. The molecule has 1 aromatic heterocycles. The highest BCUT2D eigenvalue weighted by molar-refractivity contribution is 8.00. The normalized spacial score (nSPS) is 18.5. The van der Waals surface area contributed by atoms with Gasteiger partial charge < -0.3 is 19.5 Å². The van der Waals surface area contributed by atoms with Gasteiger partial charge in [0.25, 0.3) is 4.84 Å². The van der Waals surface area contributed by atoms with Crippen molar-refractivity contribution in [2.75, 3.05) is 23.4 Å². The van der Waals surface area contributed by atoms with Crippen molar-refractivity contribution >= 4 is 46.7 Å². The fraction of sp³-hybridized carbons (Fsp3) is 0.467. The molecule has 1 saturated heterocycles. The third-order valence-corrected chi connectivity index (χ3v) is 4.77. The number of anilines is 1. The number of amides is 1. The molecule has 7 heteroatoms. The third kappa shape index (κ3) is 4.12. The van der Waals surface area contributed by atoms with Crippen LogP contribution in [-0.4, -0.2) is 35.1 Å². The Morgan fingerprint density at radius 2 is 2.36 bits per heavy atom. The van der Waals surface area contributed by atoms with Crippen molar-refractivity contribution in [3.05, 3.63) is 23.0 Å². The van der Waals surface area contributed by atoms with Crippen molar-refractivity contribution in [2.24, 2.45) is 0 Å². The summed E-state index contributed by atoms with van der Waals surface area (Å²) in [6.07, 6.45) is 3.78. The van der Waals surface area contributed by atoms with Gasteiger partial charge in [0.05, 0.1) is 17.4 Å². The largest absolute Gasteiger partial charge is 0.429 e. The standard InChI is InChI=1S/C15H18N2O3S2/c18-14(9-22-8-11-3-1-2-6-19-11)16-10-4-5-12-13(7-10)20-15(21)17-12/h4-5,7,11H,1-3,6,8-9H2,(H,16,18)(H,17,21)/t11-/m0/s1. The molecule has 0 unspecified atom stereocenters. The van der Waals surface area contributed by atoms with Gasteiger partial charge in [-0.2, -0.15) is 0 Å². The molecule has 1 amide bonds. The Labute approximate surface area is 137 Å². The molecule has 0 bridgehead atoms. The highest BCUT2D eigenvalue weighted by atomic mass is 32.2. The van der Waals surface area contributed by atoms with E-state index < -0.39 is 0 Å². The van der Waals surface area contributed by atoms with Crippen molar-refractivity contribution in [1.29, 1.82) is 0 Å². The summed E-state index contributed by atoms with van der Waals surface area (Å²) in [5, 5.41) is 2.87. The van der Waals surface area contributed by atoms with E-state index in [2.05, 4.69) is 10.3 Å². The van der Waals surface area contributed by atoms with Gasteiger partial charge in [-0.15, -0.1) is 11.8 Å². The highest BCUT2D eigenvalue weighted by Gasteiger charge is 2.14. The van der Waals surface area contributed by atoms with E-state index in [1.807, 2.05) is 12.1 Å². The maximum Gasteiger partial charge on any atom is 0.266 e. The van der Waals surface area contributed by atoms with Crippen LogP contribution in [0.1, 0.15) is 19.3 Å². The lowest BCUT2D eigenvalue weighted by atomic mass is 10.1. The molecule has 1 fully saturated rings. The number of oxazole rings is 1. The summed E-state index contributed by atoms with van der Waals surface area (Å²) in [5.41, 5.74) is 2.18. The Kier molecular flexibility index (Phi) is 5.17. The summed E-state index contributed by atoms with van der Waals surface area (Å²) < 4.78 is 11.0. The van der Waals surface area contributed by atoms with Gasteiger partial charge in [-0.05, 0) is 43.6 Å². The van der Waals surface area contributed by atoms with Crippen molar-refractivity contribution in [2.45, 2.75) is 25.4 Å². The first-order valence-corrected chi connectivity index (χ1v) is 8.89. The zero-order valence-corrected chi connectivity index (χ0v) is 13.7. The number of aromatic nitrogens is 1. The van der Waals surface area contributed by atoms with Gasteiger partial charge >= 0.3 is 0 Å². The lowest BCUT2D eigenvalue weighted by molar-refractivity contribution is -0.113. The molecular formula is C15H18N2O3S2. The summed E-state index contributed by atoms with van der Waals surface area (Å²) in [5.74, 6) is 1.28. The number of hydrogen-bond donors (Lipinski definition) is 2. The van der Waals surface area contributed by atoms with Crippen LogP contribution in [0, 0.1) is 4.84 Å². The molecule has 0 aliphatic carbocycles. The first kappa shape index (κ1) is 15.6. The van der Waals surface area contributed by atoms with Crippen LogP contribution in [-0.2, 0) is 9.53 Å². The first-order valence-electron chi connectivity index (χ1n) is 7.33. The van der Waals surface area contributed by atoms with Crippen LogP contribution >= 0.6 is 24.0 Å². The Balaban J connectivity index is 1.48. The number of benzene rings is 1. The molecule has 118 valence electrons. The molecule has 2 N–H and O–H groups in total. The number of fused-ring (bicyclic) bond motifs is 1. The number of aromatic amines is 1. The molecule has 0 spiro atoms. The van der Waals surface area contributed by atoms with E-state index in [1.54, 1.807) is 17.8 Å². The molecule has 2 heterocycles. The van der Waals surface area contributed by atoms with Crippen molar-refractivity contribution < 1.29 is 13.9 Å². The number of hydrogen-bond acceptors (Lipinski definition) is 5. The Hall–Kier alpha value is -1.31. The van der Waals surface area contributed by atoms with Gasteiger partial charge in [0.1, 0.15) is 0 Å². The number of nitrogens with one attached hydrogen (secondary N) is 2. The Morgan fingerprint density at radius 3 is 3.18 bits per heavy atom. The number of thioether (sulfide) groups is 1. The minimum absolute atomic E-state index is 0.0192. The van der Waals surface area contributed by atoms with Crippen LogP contribution < -0.4 is 5.32 Å². The molecule has 3 rings (SSSR count). The number of carbonyl (C=O) groups is 1. The van der Waals surface area contributed by atoms with Crippen LogP contribution in [0.15, 0.2) is 22.6 Å². The molecule has 22 heavy (non-hydrogen) atoms. The van der Waals surface area contributed by atoms with Crippen LogP contribution in [0.5, 0.6) is 0 Å². The molecule has 5 nitrogen and oxygen atoms in total. The second kappa shape index (κ2) is 7.30. The Morgan fingerprint density at radius 1 is 1.45 bits per heavy atom. The zero-order valence-electron chi connectivity index (χ0n) is 12.1. The summed E-state index contributed by atoms with van der Waals surface area (Å²) in [6.45, 7) is 0.850. The van der Waals surface area contributed by atoms with Crippen LogP contribution in [0.3, 0.4) is 0 Å². The molecular weight excluding hydrogens is 320 g/mol. The molecule has 0 radical (unpaired) electrons. The smallest absolute Gasteiger partial charge is 0.266 e. The molecule has 1 atom stereocenters. The lowest BCUT2D eigenvalue weighted by Gasteiger charge is -2.21. The summed E-state index contributed by atoms with van der Waals surface area (Å²) in [4.78, 5) is 15.2. The molecule has 0 saturated carbocycles. The van der Waals surface area contributed by atoms with Crippen molar-refractivity contribution in [1.82, 2.24) is 4.98 Å². The number of ether oxygens (including phenoxy) is 1. The highest BCUT2D eigenvalue weighted by Crippen LogP contribution is 2.20. The van der Waals surface area contributed by atoms with Gasteiger partial charge in [-0.25, -0.2) is 0 Å². The van der Waals surface area contributed by atoms with Gasteiger partial charge in [0, 0.05) is 24.1 Å². The monoisotopic (exact) mass is 338 g/mol. The van der Waals surface area contributed by atoms with Gasteiger partial charge in [0.2, 0.25) is 5.91 Å². The van der Waals surface area contributed by atoms with Crippen molar-refractivity contribution in [3.8, 4) is 0 Å². The van der Waals surface area contributed by atoms with Gasteiger partial charge in [-0.3, -0.25) is 4.79 Å². The predicted octanol–water partition coefficient (Wildman–Crippen LogP) is 3.73. The lowest BCUT2D eigenvalue weighted by Crippen LogP contribution is -2.22. The minimum Gasteiger partial charge on any atom is -0.429 e. The number of H-pyrrole nitrogens is 1. The molecule has 1 aliphatic rings. The minimum atomic E-state index is -0.0192. The summed E-state index contributed by atoms with van der Waals surface area (Å²) in [6, 6.07) is 5.44. The van der Waals surface area contributed by atoms with Crippen LogP contribution in [0.4, 0.5) is 5.69 Å². The van der Waals surface area contributed by atoms with E-state index >= 15 is 0 Å². The van der Waals surface area contributed by atoms with Gasteiger partial charge in [0.15, 0.2) is 5.58 Å². The topological polar surface area (TPSA) is 67.3 Å². The maximum absolute atomic E-state index is 12.0. The first-order chi connectivity index (χ1) is 10.7. The molecule has 1 aromatic carbocycles. The van der Waals surface area contributed by atoms with E-state index in [9.17, 15) is 4.79 Å². The fourth-order valence-electron chi connectivity index (χ4n) is 2.44. The SMILES string of the molecule is O=C(CSC[C@@H]1CCCCO1)Nc1ccc2[nH]c(=S)oc2c1. The maximum atomic E-state index is 12.0. The van der Waals surface area contributed by atoms with Crippen molar-refractivity contribution in [3.63, 3.8) is 0 Å². The van der Waals surface area contributed by atoms with E-state index in [0.717, 1.165) is 30.7 Å². The third-order valence-electron chi connectivity index (χ3n) is 3.52. The quantitative estimate of drug-likeness (QED) is 0.813. The van der Waals surface area contributed by atoms with E-state index in [1.165, 1.54) is 6.42 Å². The fourth-order valence-corrected chi connectivity index (χ4v) is 3.54. The van der Waals surface area contributed by atoms with E-state index in [4.69, 9.17) is 21.4 Å². The average Bonchev–Trinajstić information content (AvgIpc) is 2.87. The second-order valence-corrected chi connectivity index (χ2v) is 6.68. The predicted molar refractivity (Wildman–Crippen MR) is 90.9 cm³/mol. The number of carbonyl (C=O) groups excluding carboxylic acids is 1. The van der Waals surface area contributed by atoms with Gasteiger partial charge in [-0.1, -0.05) is 0 Å². The van der Waals surface area contributed by atoms with Crippen LogP contribution in [0.2, 0.25) is 0 Å². The summed E-state index contributed by atoms with van der Waals surface area (Å²) >= 11 is 6.55. The van der Waals surface area contributed by atoms with E-state index in [-0.39, 0.29) is 5.91 Å². The molecule has 1 aliphatic heterocycles. The second-order valence-electron chi connectivity index (χ2n) is 5.28. The van der Waals surface area contributed by atoms with Crippen LogP contribution in [0.25, 0.3) is 11.1 Å². The zero-order chi connectivity index (χ0) is 15.4.